The second-order valence-electron chi connectivity index (χ2n) is 7.43. The molecule has 4 rings (SSSR count). The standard InChI is InChI=1S/C19H21F3N4/c1-10(2)24-17-16(19(20,21)22)9-23-18(26-17)25-13-5-6-14-11-3-4-12(7-11)15(14)8-13/h5-6,8-12H,3-4,7H2,1-2H3,(H2,23,24,25,26)/t11-,12-/m0/s1. The minimum atomic E-state index is -4.50. The first-order valence-electron chi connectivity index (χ1n) is 8.93. The Hall–Kier alpha value is -2.31. The van der Waals surface area contributed by atoms with Gasteiger partial charge in [-0.15, -0.1) is 0 Å². The molecule has 1 heterocycles. The van der Waals surface area contributed by atoms with E-state index < -0.39 is 11.7 Å². The van der Waals surface area contributed by atoms with Crippen molar-refractivity contribution in [3.63, 3.8) is 0 Å². The third kappa shape index (κ3) is 3.10. The highest BCUT2D eigenvalue weighted by atomic mass is 19.4. The third-order valence-electron chi connectivity index (χ3n) is 5.17. The zero-order chi connectivity index (χ0) is 18.5. The van der Waals surface area contributed by atoms with Crippen molar-refractivity contribution in [2.24, 2.45) is 0 Å². The van der Waals surface area contributed by atoms with Crippen LogP contribution in [0.5, 0.6) is 0 Å². The molecule has 0 amide bonds. The smallest absolute Gasteiger partial charge is 0.367 e. The first-order chi connectivity index (χ1) is 12.3. The Morgan fingerprint density at radius 3 is 2.54 bits per heavy atom. The van der Waals surface area contributed by atoms with E-state index in [1.807, 2.05) is 6.07 Å². The maximum Gasteiger partial charge on any atom is 0.421 e. The van der Waals surface area contributed by atoms with Crippen molar-refractivity contribution in [3.05, 3.63) is 41.1 Å². The zero-order valence-corrected chi connectivity index (χ0v) is 14.7. The molecule has 0 spiro atoms. The number of rotatable bonds is 4. The van der Waals surface area contributed by atoms with E-state index in [0.29, 0.717) is 11.8 Å². The molecule has 2 atom stereocenters. The van der Waals surface area contributed by atoms with E-state index in [9.17, 15) is 13.2 Å². The van der Waals surface area contributed by atoms with Gasteiger partial charge in [-0.05, 0) is 68.2 Å². The van der Waals surface area contributed by atoms with Crippen molar-refractivity contribution in [2.75, 3.05) is 10.6 Å². The Balaban J connectivity index is 1.62. The molecule has 138 valence electrons. The summed E-state index contributed by atoms with van der Waals surface area (Å²) in [4.78, 5) is 7.93. The van der Waals surface area contributed by atoms with Crippen LogP contribution < -0.4 is 10.6 Å². The van der Waals surface area contributed by atoms with Crippen LogP contribution in [0, 0.1) is 0 Å². The minimum absolute atomic E-state index is 0.157. The average Bonchev–Trinajstić information content (AvgIpc) is 3.15. The summed E-state index contributed by atoms with van der Waals surface area (Å²) in [5, 5.41) is 5.81. The fourth-order valence-electron chi connectivity index (χ4n) is 4.09. The summed E-state index contributed by atoms with van der Waals surface area (Å²) in [7, 11) is 0. The summed E-state index contributed by atoms with van der Waals surface area (Å²) in [6.07, 6.45) is 0.0347. The molecule has 0 unspecified atom stereocenters. The summed E-state index contributed by atoms with van der Waals surface area (Å²) in [6, 6.07) is 6.00. The molecule has 0 saturated heterocycles. The lowest BCUT2D eigenvalue weighted by molar-refractivity contribution is -0.137. The lowest BCUT2D eigenvalue weighted by atomic mass is 9.91. The molecular formula is C19H21F3N4. The predicted octanol–water partition coefficient (Wildman–Crippen LogP) is 5.42. The van der Waals surface area contributed by atoms with Crippen LogP contribution in [0.25, 0.3) is 0 Å². The first-order valence-corrected chi connectivity index (χ1v) is 8.93. The van der Waals surface area contributed by atoms with Gasteiger partial charge < -0.3 is 10.6 Å². The molecular weight excluding hydrogens is 341 g/mol. The molecule has 2 aliphatic carbocycles. The molecule has 1 aromatic carbocycles. The molecule has 1 fully saturated rings. The number of halogens is 3. The Bertz CT molecular complexity index is 832. The Morgan fingerprint density at radius 2 is 1.85 bits per heavy atom. The molecule has 4 nitrogen and oxygen atoms in total. The van der Waals surface area contributed by atoms with Crippen molar-refractivity contribution in [1.29, 1.82) is 0 Å². The maximum absolute atomic E-state index is 13.2. The van der Waals surface area contributed by atoms with Crippen molar-refractivity contribution in [3.8, 4) is 0 Å². The van der Waals surface area contributed by atoms with Crippen LogP contribution in [0.15, 0.2) is 24.4 Å². The Labute approximate surface area is 150 Å². The highest BCUT2D eigenvalue weighted by molar-refractivity contribution is 5.60. The van der Waals surface area contributed by atoms with Gasteiger partial charge in [-0.2, -0.15) is 18.2 Å². The quantitative estimate of drug-likeness (QED) is 0.762. The molecule has 2 aliphatic rings. The number of nitrogens with one attached hydrogen (secondary N) is 2. The molecule has 2 N–H and O–H groups in total. The third-order valence-corrected chi connectivity index (χ3v) is 5.17. The average molecular weight is 362 g/mol. The monoisotopic (exact) mass is 362 g/mol. The van der Waals surface area contributed by atoms with Crippen LogP contribution in [0.3, 0.4) is 0 Å². The lowest BCUT2D eigenvalue weighted by Gasteiger charge is -2.18. The molecule has 2 bridgehead atoms. The highest BCUT2D eigenvalue weighted by Gasteiger charge is 2.37. The molecule has 1 aromatic heterocycles. The molecule has 0 radical (unpaired) electrons. The van der Waals surface area contributed by atoms with Gasteiger partial charge in [0.2, 0.25) is 5.95 Å². The summed E-state index contributed by atoms with van der Waals surface area (Å²) < 4.78 is 39.5. The normalized spacial score (nSPS) is 21.2. The van der Waals surface area contributed by atoms with E-state index in [-0.39, 0.29) is 17.8 Å². The summed E-state index contributed by atoms with van der Waals surface area (Å²) in [6.45, 7) is 3.54. The minimum Gasteiger partial charge on any atom is -0.367 e. The second-order valence-corrected chi connectivity index (χ2v) is 7.43. The van der Waals surface area contributed by atoms with Crippen LogP contribution in [0.4, 0.5) is 30.6 Å². The topological polar surface area (TPSA) is 49.8 Å². The highest BCUT2D eigenvalue weighted by Crippen LogP contribution is 2.53. The van der Waals surface area contributed by atoms with Gasteiger partial charge in [0.25, 0.3) is 0 Å². The summed E-state index contributed by atoms with van der Waals surface area (Å²) in [5.41, 5.74) is 2.73. The number of hydrogen-bond acceptors (Lipinski definition) is 4. The van der Waals surface area contributed by atoms with Crippen LogP contribution in [-0.2, 0) is 6.18 Å². The van der Waals surface area contributed by atoms with Gasteiger partial charge in [0, 0.05) is 17.9 Å². The zero-order valence-electron chi connectivity index (χ0n) is 14.7. The fourth-order valence-corrected chi connectivity index (χ4v) is 4.09. The van der Waals surface area contributed by atoms with Gasteiger partial charge >= 0.3 is 6.18 Å². The van der Waals surface area contributed by atoms with Gasteiger partial charge in [0.1, 0.15) is 11.4 Å². The van der Waals surface area contributed by atoms with E-state index in [1.165, 1.54) is 30.4 Å². The van der Waals surface area contributed by atoms with E-state index in [2.05, 4.69) is 32.7 Å². The Morgan fingerprint density at radius 1 is 1.12 bits per heavy atom. The van der Waals surface area contributed by atoms with Gasteiger partial charge in [-0.1, -0.05) is 6.07 Å². The van der Waals surface area contributed by atoms with Gasteiger partial charge in [0.05, 0.1) is 0 Å². The largest absolute Gasteiger partial charge is 0.421 e. The van der Waals surface area contributed by atoms with Crippen molar-refractivity contribution >= 4 is 17.5 Å². The number of hydrogen-bond donors (Lipinski definition) is 2. The lowest BCUT2D eigenvalue weighted by Crippen LogP contribution is -2.18. The Kier molecular flexibility index (Phi) is 4.04. The molecule has 0 aliphatic heterocycles. The summed E-state index contributed by atoms with van der Waals surface area (Å²) >= 11 is 0. The van der Waals surface area contributed by atoms with Gasteiger partial charge in [-0.3, -0.25) is 0 Å². The van der Waals surface area contributed by atoms with Crippen LogP contribution in [0.2, 0.25) is 0 Å². The molecule has 7 heteroatoms. The predicted molar refractivity (Wildman–Crippen MR) is 94.9 cm³/mol. The van der Waals surface area contributed by atoms with Crippen LogP contribution in [-0.4, -0.2) is 16.0 Å². The van der Waals surface area contributed by atoms with Crippen LogP contribution in [0.1, 0.15) is 61.6 Å². The number of nitrogens with zero attached hydrogens (tertiary/aromatic N) is 2. The number of aromatic nitrogens is 2. The number of alkyl halides is 3. The summed E-state index contributed by atoms with van der Waals surface area (Å²) in [5.74, 6) is 1.24. The van der Waals surface area contributed by atoms with Crippen molar-refractivity contribution in [1.82, 2.24) is 9.97 Å². The van der Waals surface area contributed by atoms with Crippen molar-refractivity contribution in [2.45, 2.75) is 57.2 Å². The molecule has 26 heavy (non-hydrogen) atoms. The number of anilines is 3. The molecule has 2 aromatic rings. The van der Waals surface area contributed by atoms with Gasteiger partial charge in [-0.25, -0.2) is 4.98 Å². The molecule has 1 saturated carbocycles. The number of benzene rings is 1. The van der Waals surface area contributed by atoms with E-state index in [1.54, 1.807) is 13.8 Å². The SMILES string of the molecule is CC(C)Nc1nc(Nc2ccc3c(c2)[C@H]2CC[C@H]3C2)ncc1C(F)(F)F. The fraction of sp³-hybridized carbons (Fsp3) is 0.474. The van der Waals surface area contributed by atoms with E-state index in [4.69, 9.17) is 0 Å². The van der Waals surface area contributed by atoms with E-state index >= 15 is 0 Å². The number of fused-ring (bicyclic) bond motifs is 5. The van der Waals surface area contributed by atoms with Gasteiger partial charge in [0.15, 0.2) is 0 Å². The van der Waals surface area contributed by atoms with E-state index in [0.717, 1.165) is 11.9 Å². The maximum atomic E-state index is 13.2. The second kappa shape index (κ2) is 6.14. The van der Waals surface area contributed by atoms with Crippen molar-refractivity contribution < 1.29 is 13.2 Å². The first kappa shape index (κ1) is 17.1. The van der Waals surface area contributed by atoms with Crippen LogP contribution >= 0.6 is 0 Å².